The minimum absolute atomic E-state index is 0.195. The fourth-order valence-corrected chi connectivity index (χ4v) is 1.93. The van der Waals surface area contributed by atoms with E-state index in [-0.39, 0.29) is 17.3 Å². The van der Waals surface area contributed by atoms with E-state index in [1.165, 1.54) is 12.3 Å². The van der Waals surface area contributed by atoms with E-state index in [0.29, 0.717) is 11.0 Å². The van der Waals surface area contributed by atoms with Gasteiger partial charge in [0.1, 0.15) is 11.0 Å². The standard InChI is InChI=1S/C12H10Cl2F3N3/c1-20-10(14)5-19-11(20)6-18-9-4-7(12(15,16)17)2-3-8(9)13/h2-5,18H,6H2,1H3. The molecule has 8 heteroatoms. The number of aromatic nitrogens is 2. The summed E-state index contributed by atoms with van der Waals surface area (Å²) in [5, 5.41) is 3.47. The Balaban J connectivity index is 2.19. The van der Waals surface area contributed by atoms with Crippen molar-refractivity contribution in [2.75, 3.05) is 5.32 Å². The molecule has 2 aromatic rings. The van der Waals surface area contributed by atoms with Crippen LogP contribution >= 0.6 is 23.2 Å². The van der Waals surface area contributed by atoms with Gasteiger partial charge in [0.25, 0.3) is 0 Å². The number of hydrogen-bond donors (Lipinski definition) is 1. The van der Waals surface area contributed by atoms with Gasteiger partial charge in [0, 0.05) is 7.05 Å². The number of benzene rings is 1. The quantitative estimate of drug-likeness (QED) is 0.909. The van der Waals surface area contributed by atoms with Crippen molar-refractivity contribution in [2.24, 2.45) is 7.05 Å². The first-order valence-electron chi connectivity index (χ1n) is 5.55. The van der Waals surface area contributed by atoms with Gasteiger partial charge in [-0.3, -0.25) is 0 Å². The van der Waals surface area contributed by atoms with Gasteiger partial charge in [-0.15, -0.1) is 0 Å². The Morgan fingerprint density at radius 3 is 2.55 bits per heavy atom. The molecule has 2 rings (SSSR count). The predicted octanol–water partition coefficient (Wildman–Crippen LogP) is 4.36. The Labute approximate surface area is 123 Å². The lowest BCUT2D eigenvalue weighted by molar-refractivity contribution is -0.137. The topological polar surface area (TPSA) is 29.9 Å². The molecule has 20 heavy (non-hydrogen) atoms. The Kier molecular flexibility index (Phi) is 4.15. The van der Waals surface area contributed by atoms with Crippen LogP contribution in [-0.4, -0.2) is 9.55 Å². The van der Waals surface area contributed by atoms with E-state index in [4.69, 9.17) is 23.2 Å². The molecule has 0 spiro atoms. The van der Waals surface area contributed by atoms with E-state index in [1.807, 2.05) is 0 Å². The Morgan fingerprint density at radius 1 is 1.30 bits per heavy atom. The van der Waals surface area contributed by atoms with Crippen LogP contribution in [0, 0.1) is 0 Å². The normalized spacial score (nSPS) is 11.7. The highest BCUT2D eigenvalue weighted by Crippen LogP contribution is 2.33. The molecule has 0 bridgehead atoms. The molecule has 1 N–H and O–H groups in total. The number of anilines is 1. The monoisotopic (exact) mass is 323 g/mol. The van der Waals surface area contributed by atoms with E-state index in [9.17, 15) is 13.2 Å². The summed E-state index contributed by atoms with van der Waals surface area (Å²) in [5.74, 6) is 0.587. The molecule has 0 saturated carbocycles. The van der Waals surface area contributed by atoms with Crippen LogP contribution in [0.1, 0.15) is 11.4 Å². The number of alkyl halides is 3. The second-order valence-electron chi connectivity index (χ2n) is 4.10. The van der Waals surface area contributed by atoms with Crippen molar-refractivity contribution < 1.29 is 13.2 Å². The molecule has 0 fully saturated rings. The van der Waals surface area contributed by atoms with Crippen LogP contribution in [0.4, 0.5) is 18.9 Å². The third-order valence-electron chi connectivity index (χ3n) is 2.76. The summed E-state index contributed by atoms with van der Waals surface area (Å²) in [5.41, 5.74) is -0.567. The highest BCUT2D eigenvalue weighted by atomic mass is 35.5. The maximum atomic E-state index is 12.6. The smallest absolute Gasteiger partial charge is 0.377 e. The second kappa shape index (κ2) is 5.54. The molecular formula is C12H10Cl2F3N3. The van der Waals surface area contributed by atoms with Crippen LogP contribution in [-0.2, 0) is 19.8 Å². The van der Waals surface area contributed by atoms with Crippen molar-refractivity contribution in [1.29, 1.82) is 0 Å². The van der Waals surface area contributed by atoms with Gasteiger partial charge in [-0.1, -0.05) is 23.2 Å². The first kappa shape index (κ1) is 15.0. The molecule has 0 saturated heterocycles. The van der Waals surface area contributed by atoms with Crippen LogP contribution in [0.15, 0.2) is 24.4 Å². The van der Waals surface area contributed by atoms with Gasteiger partial charge in [-0.05, 0) is 18.2 Å². The minimum atomic E-state index is -4.41. The summed E-state index contributed by atoms with van der Waals surface area (Å²) in [4.78, 5) is 4.03. The SMILES string of the molecule is Cn1c(Cl)cnc1CNc1cc(C(F)(F)F)ccc1Cl. The number of imidazole rings is 1. The molecule has 0 aliphatic carbocycles. The van der Waals surface area contributed by atoms with E-state index in [1.54, 1.807) is 11.6 Å². The lowest BCUT2D eigenvalue weighted by Crippen LogP contribution is -2.09. The molecule has 0 atom stereocenters. The fourth-order valence-electron chi connectivity index (χ4n) is 1.60. The molecule has 1 aromatic heterocycles. The van der Waals surface area contributed by atoms with Crippen LogP contribution in [0.3, 0.4) is 0 Å². The van der Waals surface area contributed by atoms with Gasteiger partial charge in [-0.25, -0.2) is 4.98 Å². The molecule has 0 radical (unpaired) electrons. The van der Waals surface area contributed by atoms with Crippen LogP contribution in [0.2, 0.25) is 10.2 Å². The van der Waals surface area contributed by atoms with Crippen LogP contribution < -0.4 is 5.32 Å². The second-order valence-corrected chi connectivity index (χ2v) is 4.90. The molecule has 0 amide bonds. The van der Waals surface area contributed by atoms with E-state index in [2.05, 4.69) is 10.3 Å². The van der Waals surface area contributed by atoms with Crippen molar-refractivity contribution in [3.8, 4) is 0 Å². The summed E-state index contributed by atoms with van der Waals surface area (Å²) in [6.45, 7) is 0.213. The molecule has 1 heterocycles. The fraction of sp³-hybridized carbons (Fsp3) is 0.250. The zero-order valence-corrected chi connectivity index (χ0v) is 11.8. The van der Waals surface area contributed by atoms with E-state index >= 15 is 0 Å². The third kappa shape index (κ3) is 3.19. The molecule has 0 aliphatic heterocycles. The van der Waals surface area contributed by atoms with Gasteiger partial charge in [0.2, 0.25) is 0 Å². The van der Waals surface area contributed by atoms with E-state index in [0.717, 1.165) is 12.1 Å². The Morgan fingerprint density at radius 2 is 2.00 bits per heavy atom. The summed E-state index contributed by atoms with van der Waals surface area (Å²) < 4.78 is 39.5. The first-order valence-corrected chi connectivity index (χ1v) is 6.31. The Hall–Kier alpha value is -1.40. The minimum Gasteiger partial charge on any atom is -0.377 e. The molecular weight excluding hydrogens is 314 g/mol. The summed E-state index contributed by atoms with van der Waals surface area (Å²) in [6.07, 6.45) is -2.94. The van der Waals surface area contributed by atoms with Crippen LogP contribution in [0.25, 0.3) is 0 Å². The maximum Gasteiger partial charge on any atom is 0.416 e. The highest BCUT2D eigenvalue weighted by Gasteiger charge is 2.30. The molecule has 1 aromatic carbocycles. The van der Waals surface area contributed by atoms with Gasteiger partial charge >= 0.3 is 6.18 Å². The van der Waals surface area contributed by atoms with E-state index < -0.39 is 11.7 Å². The van der Waals surface area contributed by atoms with Crippen molar-refractivity contribution >= 4 is 28.9 Å². The largest absolute Gasteiger partial charge is 0.416 e. The van der Waals surface area contributed by atoms with Crippen molar-refractivity contribution in [3.63, 3.8) is 0 Å². The number of hydrogen-bond acceptors (Lipinski definition) is 2. The molecule has 0 unspecified atom stereocenters. The predicted molar refractivity (Wildman–Crippen MR) is 72.0 cm³/mol. The van der Waals surface area contributed by atoms with Gasteiger partial charge < -0.3 is 9.88 Å². The van der Waals surface area contributed by atoms with Crippen molar-refractivity contribution in [2.45, 2.75) is 12.7 Å². The zero-order chi connectivity index (χ0) is 14.9. The van der Waals surface area contributed by atoms with Crippen LogP contribution in [0.5, 0.6) is 0 Å². The molecule has 0 aliphatic rings. The lowest BCUT2D eigenvalue weighted by Gasteiger charge is -2.12. The number of rotatable bonds is 3. The maximum absolute atomic E-state index is 12.6. The molecule has 3 nitrogen and oxygen atoms in total. The van der Waals surface area contributed by atoms with Gasteiger partial charge in [0.15, 0.2) is 0 Å². The Bertz CT molecular complexity index is 623. The summed E-state index contributed by atoms with van der Waals surface area (Å²) in [7, 11) is 1.71. The lowest BCUT2D eigenvalue weighted by atomic mass is 10.2. The van der Waals surface area contributed by atoms with Gasteiger partial charge in [0.05, 0.1) is 29.0 Å². The number of halogens is 5. The summed E-state index contributed by atoms with van der Waals surface area (Å²) >= 11 is 11.7. The van der Waals surface area contributed by atoms with Gasteiger partial charge in [-0.2, -0.15) is 13.2 Å². The zero-order valence-electron chi connectivity index (χ0n) is 10.3. The molecule has 108 valence electrons. The first-order chi connectivity index (χ1) is 9.29. The average molecular weight is 324 g/mol. The number of nitrogens with one attached hydrogen (secondary N) is 1. The summed E-state index contributed by atoms with van der Waals surface area (Å²) in [6, 6.07) is 3.11. The highest BCUT2D eigenvalue weighted by molar-refractivity contribution is 6.33. The average Bonchev–Trinajstić information content (AvgIpc) is 2.68. The van der Waals surface area contributed by atoms with Crippen molar-refractivity contribution in [1.82, 2.24) is 9.55 Å². The third-order valence-corrected chi connectivity index (χ3v) is 3.44. The number of nitrogens with zero attached hydrogens (tertiary/aromatic N) is 2. The van der Waals surface area contributed by atoms with Crippen molar-refractivity contribution in [3.05, 3.63) is 46.0 Å².